The summed E-state index contributed by atoms with van der Waals surface area (Å²) < 4.78 is 0. The zero-order valence-electron chi connectivity index (χ0n) is 11.0. The number of amides is 1. The second-order valence-electron chi connectivity index (χ2n) is 5.49. The molecule has 0 aromatic carbocycles. The first-order valence-electron chi connectivity index (χ1n) is 6.77. The quantitative estimate of drug-likeness (QED) is 0.742. The molecule has 0 aromatic rings. The fraction of sp³-hybridized carbons (Fsp3) is 0.667. The van der Waals surface area contributed by atoms with E-state index < -0.39 is 0 Å². The van der Waals surface area contributed by atoms with Crippen LogP contribution in [0.1, 0.15) is 46.0 Å². The maximum atomic E-state index is 11.5. The van der Waals surface area contributed by atoms with E-state index in [-0.39, 0.29) is 5.91 Å². The van der Waals surface area contributed by atoms with Crippen molar-refractivity contribution in [3.8, 4) is 0 Å². The van der Waals surface area contributed by atoms with E-state index in [9.17, 15) is 4.79 Å². The number of nitrogens with one attached hydrogen (secondary N) is 1. The number of hydrogen-bond donors (Lipinski definition) is 1. The Balaban J connectivity index is 1.74. The molecule has 2 aliphatic carbocycles. The van der Waals surface area contributed by atoms with Crippen LogP contribution in [-0.2, 0) is 4.79 Å². The van der Waals surface area contributed by atoms with E-state index >= 15 is 0 Å². The Morgan fingerprint density at radius 3 is 2.76 bits per heavy atom. The monoisotopic (exact) mass is 233 g/mol. The van der Waals surface area contributed by atoms with Crippen molar-refractivity contribution >= 4 is 5.91 Å². The highest BCUT2D eigenvalue weighted by Gasteiger charge is 2.28. The van der Waals surface area contributed by atoms with Gasteiger partial charge in [-0.15, -0.1) is 0 Å². The Kier molecular flexibility index (Phi) is 4.03. The van der Waals surface area contributed by atoms with Gasteiger partial charge >= 0.3 is 0 Å². The number of carbonyl (C=O) groups is 1. The zero-order valence-corrected chi connectivity index (χ0v) is 11.0. The average molecular weight is 233 g/mol. The molecule has 0 aromatic heterocycles. The van der Waals surface area contributed by atoms with Gasteiger partial charge in [-0.3, -0.25) is 4.79 Å². The predicted octanol–water partition coefficient (Wildman–Crippen LogP) is 3.21. The van der Waals surface area contributed by atoms with E-state index in [2.05, 4.69) is 31.3 Å². The highest BCUT2D eigenvalue weighted by atomic mass is 16.2. The fourth-order valence-electron chi connectivity index (χ4n) is 2.35. The maximum Gasteiger partial charge on any atom is 0.223 e. The lowest BCUT2D eigenvalue weighted by Crippen LogP contribution is -2.25. The summed E-state index contributed by atoms with van der Waals surface area (Å²) in [6, 6.07) is 0. The van der Waals surface area contributed by atoms with Gasteiger partial charge in [0, 0.05) is 12.5 Å². The zero-order chi connectivity index (χ0) is 12.3. The molecule has 2 nitrogen and oxygen atoms in total. The van der Waals surface area contributed by atoms with Crippen molar-refractivity contribution in [3.05, 3.63) is 23.3 Å². The molecular formula is C15H23NO. The van der Waals surface area contributed by atoms with Crippen LogP contribution >= 0.6 is 0 Å². The highest BCUT2D eigenvalue weighted by molar-refractivity contribution is 5.80. The largest absolute Gasteiger partial charge is 0.352 e. The van der Waals surface area contributed by atoms with E-state index in [4.69, 9.17) is 0 Å². The van der Waals surface area contributed by atoms with Crippen LogP contribution in [0, 0.1) is 11.8 Å². The van der Waals surface area contributed by atoms with Crippen molar-refractivity contribution in [1.82, 2.24) is 5.32 Å². The minimum atomic E-state index is 0.244. The summed E-state index contributed by atoms with van der Waals surface area (Å²) in [5, 5.41) is 2.99. The van der Waals surface area contributed by atoms with Gasteiger partial charge in [0.2, 0.25) is 5.91 Å². The van der Waals surface area contributed by atoms with Gasteiger partial charge < -0.3 is 5.32 Å². The van der Waals surface area contributed by atoms with E-state index in [1.165, 1.54) is 30.4 Å². The van der Waals surface area contributed by atoms with Crippen LogP contribution in [0.25, 0.3) is 0 Å². The summed E-state index contributed by atoms with van der Waals surface area (Å²) >= 11 is 0. The first-order chi connectivity index (χ1) is 8.16. The van der Waals surface area contributed by atoms with Crippen LogP contribution in [0.4, 0.5) is 0 Å². The normalized spacial score (nSPS) is 25.4. The molecule has 0 radical (unpaired) electrons. The molecule has 2 heteroatoms. The second-order valence-corrected chi connectivity index (χ2v) is 5.49. The van der Waals surface area contributed by atoms with Gasteiger partial charge in [0.05, 0.1) is 0 Å². The standard InChI is InChI=1S/C15H23NO/c1-11-3-5-13(6-4-11)12(2)9-10-16-15(17)14-7-8-14/h3,9,13-14H,4-8,10H2,1-2H3,(H,16,17)/b12-9-. The molecule has 2 aliphatic rings. The Labute approximate surface area is 104 Å². The SMILES string of the molecule is CC1=CCC(/C(C)=C\CNC(=O)C2CC2)CC1. The molecule has 0 heterocycles. The summed E-state index contributed by atoms with van der Waals surface area (Å²) in [6.45, 7) is 5.12. The van der Waals surface area contributed by atoms with Crippen molar-refractivity contribution < 1.29 is 4.79 Å². The summed E-state index contributed by atoms with van der Waals surface area (Å²) in [4.78, 5) is 11.5. The molecule has 1 atom stereocenters. The van der Waals surface area contributed by atoms with Crippen LogP contribution in [0.15, 0.2) is 23.3 Å². The number of carbonyl (C=O) groups excluding carboxylic acids is 1. The lowest BCUT2D eigenvalue weighted by molar-refractivity contribution is -0.122. The number of rotatable bonds is 4. The smallest absolute Gasteiger partial charge is 0.223 e. The first kappa shape index (κ1) is 12.4. The second kappa shape index (κ2) is 5.52. The summed E-state index contributed by atoms with van der Waals surface area (Å²) in [5.41, 5.74) is 2.96. The molecule has 2 rings (SSSR count). The Morgan fingerprint density at radius 2 is 2.18 bits per heavy atom. The summed E-state index contributed by atoms with van der Waals surface area (Å²) in [7, 11) is 0. The molecule has 94 valence electrons. The van der Waals surface area contributed by atoms with Crippen LogP contribution in [0.3, 0.4) is 0 Å². The molecule has 0 saturated heterocycles. The fourth-order valence-corrected chi connectivity index (χ4v) is 2.35. The number of allylic oxidation sites excluding steroid dienone is 3. The predicted molar refractivity (Wildman–Crippen MR) is 70.6 cm³/mol. The van der Waals surface area contributed by atoms with Gasteiger partial charge in [-0.25, -0.2) is 0 Å². The third-order valence-electron chi connectivity index (χ3n) is 3.93. The first-order valence-corrected chi connectivity index (χ1v) is 6.77. The van der Waals surface area contributed by atoms with Crippen LogP contribution < -0.4 is 5.32 Å². The van der Waals surface area contributed by atoms with Crippen molar-refractivity contribution in [1.29, 1.82) is 0 Å². The van der Waals surface area contributed by atoms with Crippen molar-refractivity contribution in [3.63, 3.8) is 0 Å². The minimum absolute atomic E-state index is 0.244. The summed E-state index contributed by atoms with van der Waals surface area (Å²) in [5.74, 6) is 1.26. The highest BCUT2D eigenvalue weighted by Crippen LogP contribution is 2.29. The van der Waals surface area contributed by atoms with Crippen LogP contribution in [0.2, 0.25) is 0 Å². The maximum absolute atomic E-state index is 11.5. The molecule has 1 fully saturated rings. The van der Waals surface area contributed by atoms with Gasteiger partial charge in [0.1, 0.15) is 0 Å². The van der Waals surface area contributed by atoms with Gasteiger partial charge in [0.15, 0.2) is 0 Å². The lowest BCUT2D eigenvalue weighted by Gasteiger charge is -2.21. The van der Waals surface area contributed by atoms with E-state index in [1.54, 1.807) is 0 Å². The van der Waals surface area contributed by atoms with Gasteiger partial charge in [-0.1, -0.05) is 23.3 Å². The molecule has 1 amide bonds. The van der Waals surface area contributed by atoms with E-state index in [0.29, 0.717) is 18.4 Å². The van der Waals surface area contributed by atoms with Crippen LogP contribution in [0.5, 0.6) is 0 Å². The minimum Gasteiger partial charge on any atom is -0.352 e. The summed E-state index contributed by atoms with van der Waals surface area (Å²) in [6.07, 6.45) is 10.4. The molecule has 1 unspecified atom stereocenters. The van der Waals surface area contributed by atoms with Crippen molar-refractivity contribution in [2.24, 2.45) is 11.8 Å². The van der Waals surface area contributed by atoms with E-state index in [1.807, 2.05) is 0 Å². The topological polar surface area (TPSA) is 29.1 Å². The Bertz CT molecular complexity index is 350. The Morgan fingerprint density at radius 1 is 1.41 bits per heavy atom. The molecule has 1 saturated carbocycles. The van der Waals surface area contributed by atoms with Crippen LogP contribution in [-0.4, -0.2) is 12.5 Å². The molecule has 17 heavy (non-hydrogen) atoms. The van der Waals surface area contributed by atoms with Crippen molar-refractivity contribution in [2.45, 2.75) is 46.0 Å². The van der Waals surface area contributed by atoms with Crippen molar-refractivity contribution in [2.75, 3.05) is 6.54 Å². The van der Waals surface area contributed by atoms with Gasteiger partial charge in [-0.05, 0) is 51.9 Å². The molecular weight excluding hydrogens is 210 g/mol. The molecule has 0 aliphatic heterocycles. The molecule has 0 spiro atoms. The van der Waals surface area contributed by atoms with E-state index in [0.717, 1.165) is 12.8 Å². The third-order valence-corrected chi connectivity index (χ3v) is 3.93. The Hall–Kier alpha value is -1.05. The molecule has 1 N–H and O–H groups in total. The lowest BCUT2D eigenvalue weighted by atomic mass is 9.85. The van der Waals surface area contributed by atoms with Gasteiger partial charge in [0.25, 0.3) is 0 Å². The third kappa shape index (κ3) is 3.72. The average Bonchev–Trinajstić information content (AvgIpc) is 3.13. The number of hydrogen-bond acceptors (Lipinski definition) is 1. The molecule has 0 bridgehead atoms. The van der Waals surface area contributed by atoms with Gasteiger partial charge in [-0.2, -0.15) is 0 Å².